The molecule has 1 N–H and O–H groups in total. The monoisotopic (exact) mass is 286 g/mol. The lowest BCUT2D eigenvalue weighted by atomic mass is 10.0. The van der Waals surface area contributed by atoms with Crippen LogP contribution < -0.4 is 10.2 Å². The van der Waals surface area contributed by atoms with Gasteiger partial charge in [-0.05, 0) is 29.7 Å². The largest absolute Gasteiger partial charge is 0.369 e. The molecule has 0 spiro atoms. The van der Waals surface area contributed by atoms with Crippen LogP contribution in [0.15, 0.2) is 48.5 Å². The molecule has 1 saturated heterocycles. The van der Waals surface area contributed by atoms with Crippen molar-refractivity contribution in [2.45, 2.75) is 6.42 Å². The van der Waals surface area contributed by atoms with Crippen LogP contribution in [0.4, 0.5) is 5.69 Å². The number of nitrogens with one attached hydrogen (secondary N) is 1. The summed E-state index contributed by atoms with van der Waals surface area (Å²) in [5.41, 5.74) is 3.97. The number of rotatable bonds is 3. The molecule has 3 heteroatoms. The second-order valence-corrected chi connectivity index (χ2v) is 5.61. The van der Waals surface area contributed by atoms with Gasteiger partial charge in [0.15, 0.2) is 0 Å². The van der Waals surface area contributed by atoms with Gasteiger partial charge in [0.1, 0.15) is 0 Å². The maximum Gasteiger partial charge on any atom is 0.0426 e. The van der Waals surface area contributed by atoms with E-state index in [-0.39, 0.29) is 0 Å². The molecule has 0 bridgehead atoms. The van der Waals surface area contributed by atoms with Gasteiger partial charge in [0.25, 0.3) is 0 Å². The standard InChI is InChI=1S/C17H19ClN2/c18-16-7-6-15(12-14-4-2-1-3-5-14)17(13-16)20-10-8-19-9-11-20/h1-7,13,19H,8-12H2. The third-order valence-electron chi connectivity index (χ3n) is 3.74. The van der Waals surface area contributed by atoms with Crippen LogP contribution in [0.25, 0.3) is 0 Å². The molecule has 1 fully saturated rings. The Morgan fingerprint density at radius 3 is 2.50 bits per heavy atom. The molecule has 0 radical (unpaired) electrons. The van der Waals surface area contributed by atoms with Gasteiger partial charge in [-0.25, -0.2) is 0 Å². The molecule has 104 valence electrons. The second-order valence-electron chi connectivity index (χ2n) is 5.17. The Labute approximate surface area is 125 Å². The van der Waals surface area contributed by atoms with Crippen molar-refractivity contribution in [3.63, 3.8) is 0 Å². The average Bonchev–Trinajstić information content (AvgIpc) is 2.51. The van der Waals surface area contributed by atoms with Crippen molar-refractivity contribution in [2.75, 3.05) is 31.1 Å². The molecule has 0 saturated carbocycles. The summed E-state index contributed by atoms with van der Waals surface area (Å²) >= 11 is 6.20. The SMILES string of the molecule is Clc1ccc(Cc2ccccc2)c(N2CCNCC2)c1. The fourth-order valence-electron chi connectivity index (χ4n) is 2.70. The van der Waals surface area contributed by atoms with E-state index in [1.807, 2.05) is 6.07 Å². The third-order valence-corrected chi connectivity index (χ3v) is 3.98. The molecule has 0 amide bonds. The van der Waals surface area contributed by atoms with Crippen molar-refractivity contribution in [1.29, 1.82) is 0 Å². The molecule has 0 atom stereocenters. The predicted octanol–water partition coefficient (Wildman–Crippen LogP) is 3.34. The van der Waals surface area contributed by atoms with Gasteiger partial charge in [0.2, 0.25) is 0 Å². The fourth-order valence-corrected chi connectivity index (χ4v) is 2.87. The Hall–Kier alpha value is -1.51. The van der Waals surface area contributed by atoms with E-state index in [4.69, 9.17) is 11.6 Å². The smallest absolute Gasteiger partial charge is 0.0426 e. The molecule has 1 aliphatic rings. The Bertz CT molecular complexity index is 562. The molecule has 0 aromatic heterocycles. The number of piperazine rings is 1. The van der Waals surface area contributed by atoms with E-state index in [2.05, 4.69) is 52.7 Å². The number of halogens is 1. The highest BCUT2D eigenvalue weighted by atomic mass is 35.5. The highest BCUT2D eigenvalue weighted by Gasteiger charge is 2.14. The first-order valence-corrected chi connectivity index (χ1v) is 7.49. The lowest BCUT2D eigenvalue weighted by Gasteiger charge is -2.31. The van der Waals surface area contributed by atoms with E-state index in [1.54, 1.807) is 0 Å². The van der Waals surface area contributed by atoms with E-state index in [9.17, 15) is 0 Å². The number of nitrogens with zero attached hydrogens (tertiary/aromatic N) is 1. The summed E-state index contributed by atoms with van der Waals surface area (Å²) in [6, 6.07) is 16.9. The quantitative estimate of drug-likeness (QED) is 0.931. The number of hydrogen-bond donors (Lipinski definition) is 1. The first-order valence-electron chi connectivity index (χ1n) is 7.11. The maximum absolute atomic E-state index is 6.20. The molecule has 2 nitrogen and oxygen atoms in total. The number of anilines is 1. The van der Waals surface area contributed by atoms with E-state index in [0.717, 1.165) is 37.6 Å². The van der Waals surface area contributed by atoms with Crippen molar-refractivity contribution < 1.29 is 0 Å². The van der Waals surface area contributed by atoms with Gasteiger partial charge in [-0.1, -0.05) is 48.0 Å². The molecule has 20 heavy (non-hydrogen) atoms. The third kappa shape index (κ3) is 3.14. The van der Waals surface area contributed by atoms with Gasteiger partial charge < -0.3 is 10.2 Å². The van der Waals surface area contributed by atoms with Crippen LogP contribution in [0.3, 0.4) is 0 Å². The minimum Gasteiger partial charge on any atom is -0.369 e. The summed E-state index contributed by atoms with van der Waals surface area (Å²) in [5, 5.41) is 4.21. The topological polar surface area (TPSA) is 15.3 Å². The predicted molar refractivity (Wildman–Crippen MR) is 85.8 cm³/mol. The van der Waals surface area contributed by atoms with Crippen molar-refractivity contribution in [2.24, 2.45) is 0 Å². The molecule has 1 heterocycles. The number of benzene rings is 2. The van der Waals surface area contributed by atoms with Crippen LogP contribution in [0, 0.1) is 0 Å². The van der Waals surface area contributed by atoms with Gasteiger partial charge in [0.05, 0.1) is 0 Å². The zero-order valence-corrected chi connectivity index (χ0v) is 12.2. The van der Waals surface area contributed by atoms with Gasteiger partial charge >= 0.3 is 0 Å². The van der Waals surface area contributed by atoms with E-state index >= 15 is 0 Å². The van der Waals surface area contributed by atoms with Crippen molar-refractivity contribution in [3.8, 4) is 0 Å². The lowest BCUT2D eigenvalue weighted by molar-refractivity contribution is 0.588. The molecular formula is C17H19ClN2. The summed E-state index contributed by atoms with van der Waals surface area (Å²) in [6.45, 7) is 4.17. The van der Waals surface area contributed by atoms with Crippen molar-refractivity contribution in [1.82, 2.24) is 5.32 Å². The van der Waals surface area contributed by atoms with Crippen molar-refractivity contribution in [3.05, 3.63) is 64.7 Å². The summed E-state index contributed by atoms with van der Waals surface area (Å²) in [4.78, 5) is 2.43. The molecule has 3 rings (SSSR count). The minimum absolute atomic E-state index is 0.815. The molecule has 0 unspecified atom stereocenters. The van der Waals surface area contributed by atoms with Crippen LogP contribution in [-0.2, 0) is 6.42 Å². The molecule has 0 aliphatic carbocycles. The van der Waals surface area contributed by atoms with Crippen LogP contribution in [0.5, 0.6) is 0 Å². The molecule has 1 aliphatic heterocycles. The van der Waals surface area contributed by atoms with Crippen LogP contribution in [0.1, 0.15) is 11.1 Å². The highest BCUT2D eigenvalue weighted by molar-refractivity contribution is 6.30. The van der Waals surface area contributed by atoms with Crippen molar-refractivity contribution >= 4 is 17.3 Å². The zero-order chi connectivity index (χ0) is 13.8. The van der Waals surface area contributed by atoms with Gasteiger partial charge in [-0.2, -0.15) is 0 Å². The summed E-state index contributed by atoms with van der Waals surface area (Å²) in [7, 11) is 0. The van der Waals surface area contributed by atoms with Crippen LogP contribution >= 0.6 is 11.6 Å². The molecular weight excluding hydrogens is 268 g/mol. The zero-order valence-electron chi connectivity index (χ0n) is 11.5. The van der Waals surface area contributed by atoms with Crippen LogP contribution in [-0.4, -0.2) is 26.2 Å². The first-order chi connectivity index (χ1) is 9.83. The highest BCUT2D eigenvalue weighted by Crippen LogP contribution is 2.27. The number of hydrogen-bond acceptors (Lipinski definition) is 2. The maximum atomic E-state index is 6.20. The van der Waals surface area contributed by atoms with Crippen LogP contribution in [0.2, 0.25) is 5.02 Å². The van der Waals surface area contributed by atoms with E-state index in [0.29, 0.717) is 0 Å². The van der Waals surface area contributed by atoms with E-state index < -0.39 is 0 Å². The Kier molecular flexibility index (Phi) is 4.24. The summed E-state index contributed by atoms with van der Waals surface area (Å²) in [5.74, 6) is 0. The normalized spacial score (nSPS) is 15.3. The van der Waals surface area contributed by atoms with E-state index in [1.165, 1.54) is 16.8 Å². The second kappa shape index (κ2) is 6.29. The molecule has 2 aromatic carbocycles. The lowest BCUT2D eigenvalue weighted by Crippen LogP contribution is -2.43. The Morgan fingerprint density at radius 2 is 1.75 bits per heavy atom. The van der Waals surface area contributed by atoms with Gasteiger partial charge in [-0.3, -0.25) is 0 Å². The summed E-state index contributed by atoms with van der Waals surface area (Å²) in [6.07, 6.45) is 0.956. The fraction of sp³-hybridized carbons (Fsp3) is 0.294. The minimum atomic E-state index is 0.815. The van der Waals surface area contributed by atoms with Gasteiger partial charge in [0, 0.05) is 36.9 Å². The Morgan fingerprint density at radius 1 is 1.00 bits per heavy atom. The average molecular weight is 287 g/mol. The Balaban J connectivity index is 1.89. The van der Waals surface area contributed by atoms with Gasteiger partial charge in [-0.15, -0.1) is 0 Å². The summed E-state index contributed by atoms with van der Waals surface area (Å²) < 4.78 is 0. The first kappa shape index (κ1) is 13.5. The molecule has 2 aromatic rings.